The second kappa shape index (κ2) is 6.73. The van der Waals surface area contributed by atoms with E-state index in [1.54, 1.807) is 0 Å². The fraction of sp³-hybridized carbons (Fsp3) is 0.296. The molecule has 3 heteroatoms. The number of allylic oxidation sites excluding steroid dienone is 2. The van der Waals surface area contributed by atoms with Gasteiger partial charge in [0.25, 0.3) is 0 Å². The summed E-state index contributed by atoms with van der Waals surface area (Å²) in [5, 5.41) is 6.14. The Kier molecular flexibility index (Phi) is 4.25. The van der Waals surface area contributed by atoms with Crippen LogP contribution in [0.5, 0.6) is 0 Å². The average molecular weight is 397 g/mol. The standard InChI is InChI=1S/C27H28N2O/c1-27(2)15-22-25(23(30)16-27)24(18-9-12-19(13-10-18)29(3)4)21-14-11-17-7-5-6-8-20(17)26(21)28-22/h5-14,24,28H,15-16H2,1-4H3/t24-/m0/s1. The second-order valence-electron chi connectivity index (χ2n) is 9.63. The molecule has 0 unspecified atom stereocenters. The summed E-state index contributed by atoms with van der Waals surface area (Å²) in [6, 6.07) is 21.5. The molecule has 2 aliphatic rings. The summed E-state index contributed by atoms with van der Waals surface area (Å²) < 4.78 is 0. The van der Waals surface area contributed by atoms with E-state index >= 15 is 0 Å². The lowest BCUT2D eigenvalue weighted by atomic mass is 9.68. The van der Waals surface area contributed by atoms with Gasteiger partial charge in [0.05, 0.1) is 5.69 Å². The van der Waals surface area contributed by atoms with Crippen LogP contribution in [0.1, 0.15) is 43.7 Å². The number of carbonyl (C=O) groups excluding carboxylic acids is 1. The SMILES string of the molecule is CN(C)c1ccc([C@@H]2C3=C(CC(C)(C)CC3=O)Nc3c2ccc2ccccc32)cc1. The summed E-state index contributed by atoms with van der Waals surface area (Å²) in [6.45, 7) is 4.38. The molecule has 0 amide bonds. The molecule has 3 nitrogen and oxygen atoms in total. The quantitative estimate of drug-likeness (QED) is 0.567. The Labute approximate surface area is 178 Å². The van der Waals surface area contributed by atoms with Crippen molar-refractivity contribution in [3.8, 4) is 0 Å². The number of benzene rings is 3. The summed E-state index contributed by atoms with van der Waals surface area (Å²) >= 11 is 0. The zero-order valence-corrected chi connectivity index (χ0v) is 18.1. The Morgan fingerprint density at radius 3 is 2.40 bits per heavy atom. The van der Waals surface area contributed by atoms with Gasteiger partial charge in [0.15, 0.2) is 5.78 Å². The van der Waals surface area contributed by atoms with Gasteiger partial charge >= 0.3 is 0 Å². The van der Waals surface area contributed by atoms with Crippen LogP contribution in [0, 0.1) is 5.41 Å². The summed E-state index contributed by atoms with van der Waals surface area (Å²) in [5.74, 6) is 0.245. The molecule has 0 fully saturated rings. The van der Waals surface area contributed by atoms with E-state index < -0.39 is 0 Å². The molecule has 0 bridgehead atoms. The molecule has 1 aliphatic heterocycles. The zero-order chi connectivity index (χ0) is 21.0. The average Bonchev–Trinajstić information content (AvgIpc) is 2.71. The van der Waals surface area contributed by atoms with Crippen molar-refractivity contribution < 1.29 is 4.79 Å². The van der Waals surface area contributed by atoms with E-state index in [-0.39, 0.29) is 17.1 Å². The first-order chi connectivity index (χ1) is 14.3. The third-order valence-corrected chi connectivity index (χ3v) is 6.50. The number of hydrogen-bond acceptors (Lipinski definition) is 3. The molecule has 1 aliphatic carbocycles. The number of fused-ring (bicyclic) bond motifs is 3. The maximum Gasteiger partial charge on any atom is 0.162 e. The molecule has 0 aromatic heterocycles. The maximum absolute atomic E-state index is 13.4. The zero-order valence-electron chi connectivity index (χ0n) is 18.1. The molecule has 0 spiro atoms. The Balaban J connectivity index is 1.74. The molecule has 5 rings (SSSR count). The number of hydrogen-bond donors (Lipinski definition) is 1. The largest absolute Gasteiger partial charge is 0.378 e. The Morgan fingerprint density at radius 2 is 1.67 bits per heavy atom. The van der Waals surface area contributed by atoms with Crippen LogP contribution in [0.4, 0.5) is 11.4 Å². The van der Waals surface area contributed by atoms with Gasteiger partial charge in [0.1, 0.15) is 0 Å². The Bertz CT molecular complexity index is 1190. The van der Waals surface area contributed by atoms with Crippen LogP contribution in [-0.2, 0) is 4.79 Å². The normalized spacial score (nSPS) is 19.9. The van der Waals surface area contributed by atoms with Gasteiger partial charge in [-0.05, 0) is 40.5 Å². The molecule has 30 heavy (non-hydrogen) atoms. The lowest BCUT2D eigenvalue weighted by Crippen LogP contribution is -2.33. The molecular weight excluding hydrogens is 368 g/mol. The van der Waals surface area contributed by atoms with Gasteiger partial charge in [0.2, 0.25) is 0 Å². The van der Waals surface area contributed by atoms with Crippen LogP contribution >= 0.6 is 0 Å². The van der Waals surface area contributed by atoms with Crippen molar-refractivity contribution in [2.24, 2.45) is 5.41 Å². The number of ketones is 1. The van der Waals surface area contributed by atoms with Gasteiger partial charge in [0, 0.05) is 48.8 Å². The van der Waals surface area contributed by atoms with Crippen molar-refractivity contribution in [1.82, 2.24) is 0 Å². The minimum absolute atomic E-state index is 0.0235. The first-order valence-corrected chi connectivity index (χ1v) is 10.7. The Hall–Kier alpha value is -3.07. The highest BCUT2D eigenvalue weighted by molar-refractivity contribution is 6.05. The fourth-order valence-corrected chi connectivity index (χ4v) is 5.07. The predicted molar refractivity (Wildman–Crippen MR) is 125 cm³/mol. The van der Waals surface area contributed by atoms with Gasteiger partial charge < -0.3 is 10.2 Å². The minimum Gasteiger partial charge on any atom is -0.378 e. The summed E-state index contributed by atoms with van der Waals surface area (Å²) in [7, 11) is 4.10. The lowest BCUT2D eigenvalue weighted by molar-refractivity contribution is -0.118. The first-order valence-electron chi connectivity index (χ1n) is 10.7. The number of anilines is 2. The summed E-state index contributed by atoms with van der Waals surface area (Å²) in [5.41, 5.74) is 6.72. The third-order valence-electron chi connectivity index (χ3n) is 6.50. The van der Waals surface area contributed by atoms with E-state index in [1.165, 1.54) is 21.9 Å². The van der Waals surface area contributed by atoms with E-state index in [2.05, 4.69) is 84.7 Å². The first kappa shape index (κ1) is 18.9. The summed E-state index contributed by atoms with van der Waals surface area (Å²) in [4.78, 5) is 15.5. The second-order valence-corrected chi connectivity index (χ2v) is 9.63. The van der Waals surface area contributed by atoms with Crippen molar-refractivity contribution in [3.05, 3.63) is 83.1 Å². The molecule has 0 radical (unpaired) electrons. The van der Waals surface area contributed by atoms with Gasteiger partial charge in [-0.25, -0.2) is 0 Å². The number of nitrogens with one attached hydrogen (secondary N) is 1. The fourth-order valence-electron chi connectivity index (χ4n) is 5.07. The van der Waals surface area contributed by atoms with Crippen molar-refractivity contribution in [1.29, 1.82) is 0 Å². The van der Waals surface area contributed by atoms with Crippen LogP contribution in [0.15, 0.2) is 71.9 Å². The number of carbonyl (C=O) groups is 1. The van der Waals surface area contributed by atoms with Gasteiger partial charge in [-0.2, -0.15) is 0 Å². The van der Waals surface area contributed by atoms with E-state index in [4.69, 9.17) is 0 Å². The third kappa shape index (κ3) is 3.00. The minimum atomic E-state index is -0.0272. The molecule has 0 saturated heterocycles. The number of Topliss-reactive ketones (excluding diaryl/α,β-unsaturated/α-hetero) is 1. The van der Waals surface area contributed by atoms with Crippen LogP contribution in [-0.4, -0.2) is 19.9 Å². The van der Waals surface area contributed by atoms with Crippen LogP contribution in [0.2, 0.25) is 0 Å². The van der Waals surface area contributed by atoms with E-state index in [0.29, 0.717) is 6.42 Å². The van der Waals surface area contributed by atoms with Crippen molar-refractivity contribution in [2.75, 3.05) is 24.3 Å². The van der Waals surface area contributed by atoms with Crippen molar-refractivity contribution in [3.63, 3.8) is 0 Å². The van der Waals surface area contributed by atoms with Crippen LogP contribution in [0.25, 0.3) is 10.8 Å². The monoisotopic (exact) mass is 396 g/mol. The van der Waals surface area contributed by atoms with Crippen molar-refractivity contribution >= 4 is 27.9 Å². The molecule has 1 N–H and O–H groups in total. The number of rotatable bonds is 2. The van der Waals surface area contributed by atoms with Gasteiger partial charge in [-0.15, -0.1) is 0 Å². The molecule has 152 valence electrons. The van der Waals surface area contributed by atoms with Crippen molar-refractivity contribution in [2.45, 2.75) is 32.6 Å². The lowest BCUT2D eigenvalue weighted by Gasteiger charge is -2.40. The maximum atomic E-state index is 13.4. The van der Waals surface area contributed by atoms with Crippen LogP contribution < -0.4 is 10.2 Å². The molecule has 0 saturated carbocycles. The van der Waals surface area contributed by atoms with E-state index in [1.807, 2.05) is 14.1 Å². The van der Waals surface area contributed by atoms with Gasteiger partial charge in [-0.3, -0.25) is 4.79 Å². The smallest absolute Gasteiger partial charge is 0.162 e. The highest BCUT2D eigenvalue weighted by Gasteiger charge is 2.40. The molecule has 1 heterocycles. The van der Waals surface area contributed by atoms with E-state index in [0.717, 1.165) is 29.1 Å². The van der Waals surface area contributed by atoms with E-state index in [9.17, 15) is 4.79 Å². The summed E-state index contributed by atoms with van der Waals surface area (Å²) in [6.07, 6.45) is 1.49. The number of nitrogens with zero attached hydrogens (tertiary/aromatic N) is 1. The Morgan fingerprint density at radius 1 is 0.933 bits per heavy atom. The highest BCUT2D eigenvalue weighted by Crippen LogP contribution is 2.50. The predicted octanol–water partition coefficient (Wildman–Crippen LogP) is 6.11. The molecule has 3 aromatic carbocycles. The topological polar surface area (TPSA) is 32.3 Å². The highest BCUT2D eigenvalue weighted by atomic mass is 16.1. The molecule has 1 atom stereocenters. The molecular formula is C27H28N2O. The van der Waals surface area contributed by atoms with Gasteiger partial charge in [-0.1, -0.05) is 62.4 Å². The molecule has 3 aromatic rings. The van der Waals surface area contributed by atoms with Crippen LogP contribution in [0.3, 0.4) is 0 Å².